The molecule has 1 aliphatic heterocycles. The van der Waals surface area contributed by atoms with Crippen molar-refractivity contribution in [2.24, 2.45) is 0 Å². The number of methoxy groups -OCH3 is 1. The standard InChI is InChI=1S/C19H23ClN6O3S/c1-29-18(28)17(13-2-4-14(20)5-3-13)25-10-8-24(9-11-25)16(27)12-30-19-21-22-23-26(19)15-6-7-15/h2-5,15,17H,6-12H2,1H3. The first-order valence-electron chi connectivity index (χ1n) is 9.82. The van der Waals surface area contributed by atoms with Crippen molar-refractivity contribution in [1.29, 1.82) is 0 Å². The van der Waals surface area contributed by atoms with E-state index in [1.54, 1.807) is 12.1 Å². The number of halogens is 1. The van der Waals surface area contributed by atoms with Gasteiger partial charge in [-0.3, -0.25) is 9.69 Å². The smallest absolute Gasteiger partial charge is 0.327 e. The second-order valence-corrected chi connectivity index (χ2v) is 8.70. The van der Waals surface area contributed by atoms with Gasteiger partial charge in [-0.25, -0.2) is 9.48 Å². The molecule has 11 heteroatoms. The van der Waals surface area contributed by atoms with Crippen LogP contribution in [-0.2, 0) is 14.3 Å². The van der Waals surface area contributed by atoms with E-state index < -0.39 is 6.04 Å². The summed E-state index contributed by atoms with van der Waals surface area (Å²) in [5.41, 5.74) is 0.827. The highest BCUT2D eigenvalue weighted by Crippen LogP contribution is 2.36. The molecule has 2 heterocycles. The molecule has 0 N–H and O–H groups in total. The fourth-order valence-electron chi connectivity index (χ4n) is 3.53. The Morgan fingerprint density at radius 3 is 2.53 bits per heavy atom. The van der Waals surface area contributed by atoms with Gasteiger partial charge in [0.2, 0.25) is 11.1 Å². The number of rotatable bonds is 7. The lowest BCUT2D eigenvalue weighted by atomic mass is 10.0. The van der Waals surface area contributed by atoms with Gasteiger partial charge in [0, 0.05) is 31.2 Å². The fraction of sp³-hybridized carbons (Fsp3) is 0.526. The van der Waals surface area contributed by atoms with Crippen LogP contribution in [0.15, 0.2) is 29.4 Å². The maximum absolute atomic E-state index is 12.7. The van der Waals surface area contributed by atoms with Crippen LogP contribution in [0.1, 0.15) is 30.5 Å². The van der Waals surface area contributed by atoms with Gasteiger partial charge in [0.25, 0.3) is 0 Å². The van der Waals surface area contributed by atoms with Gasteiger partial charge in [0.15, 0.2) is 0 Å². The van der Waals surface area contributed by atoms with E-state index in [2.05, 4.69) is 15.5 Å². The molecule has 0 bridgehead atoms. The van der Waals surface area contributed by atoms with Crippen LogP contribution in [0.3, 0.4) is 0 Å². The van der Waals surface area contributed by atoms with E-state index in [0.29, 0.717) is 48.2 Å². The summed E-state index contributed by atoms with van der Waals surface area (Å²) in [5.74, 6) is 0.0238. The molecule has 0 spiro atoms. The molecule has 1 atom stereocenters. The van der Waals surface area contributed by atoms with Crippen LogP contribution in [0.4, 0.5) is 0 Å². The first-order chi connectivity index (χ1) is 14.6. The maximum atomic E-state index is 12.7. The number of piperazine rings is 1. The lowest BCUT2D eigenvalue weighted by molar-refractivity contribution is -0.148. The van der Waals surface area contributed by atoms with Crippen molar-refractivity contribution in [3.63, 3.8) is 0 Å². The van der Waals surface area contributed by atoms with Gasteiger partial charge in [0.1, 0.15) is 6.04 Å². The summed E-state index contributed by atoms with van der Waals surface area (Å²) in [4.78, 5) is 29.0. The van der Waals surface area contributed by atoms with Crippen LogP contribution in [0, 0.1) is 0 Å². The van der Waals surface area contributed by atoms with Gasteiger partial charge in [-0.2, -0.15) is 0 Å². The van der Waals surface area contributed by atoms with E-state index in [1.165, 1.54) is 18.9 Å². The second-order valence-electron chi connectivity index (χ2n) is 7.32. The quantitative estimate of drug-likeness (QED) is 0.465. The van der Waals surface area contributed by atoms with Gasteiger partial charge >= 0.3 is 5.97 Å². The Bertz CT molecular complexity index is 896. The van der Waals surface area contributed by atoms with E-state index in [1.807, 2.05) is 26.6 Å². The van der Waals surface area contributed by atoms with Crippen molar-refractivity contribution in [3.8, 4) is 0 Å². The molecule has 1 aliphatic carbocycles. The minimum absolute atomic E-state index is 0.0473. The zero-order chi connectivity index (χ0) is 21.1. The third-order valence-electron chi connectivity index (χ3n) is 5.32. The van der Waals surface area contributed by atoms with E-state index in [0.717, 1.165) is 18.4 Å². The van der Waals surface area contributed by atoms with Gasteiger partial charge in [-0.05, 0) is 41.0 Å². The Kier molecular flexibility index (Phi) is 6.55. The van der Waals surface area contributed by atoms with Crippen LogP contribution >= 0.6 is 23.4 Å². The Morgan fingerprint density at radius 1 is 1.20 bits per heavy atom. The molecular formula is C19H23ClN6O3S. The highest BCUT2D eigenvalue weighted by atomic mass is 35.5. The summed E-state index contributed by atoms with van der Waals surface area (Å²) in [5, 5.41) is 13.1. The summed E-state index contributed by atoms with van der Waals surface area (Å²) in [7, 11) is 1.39. The number of thioether (sulfide) groups is 1. The summed E-state index contributed by atoms with van der Waals surface area (Å²) >= 11 is 7.35. The molecule has 9 nitrogen and oxygen atoms in total. The number of benzene rings is 1. The monoisotopic (exact) mass is 450 g/mol. The minimum Gasteiger partial charge on any atom is -0.468 e. The van der Waals surface area contributed by atoms with Gasteiger partial charge in [-0.1, -0.05) is 35.5 Å². The van der Waals surface area contributed by atoms with Crippen molar-refractivity contribution >= 4 is 35.2 Å². The minimum atomic E-state index is -0.512. The molecule has 2 aliphatic rings. The summed E-state index contributed by atoms with van der Waals surface area (Å²) in [6.07, 6.45) is 2.17. The van der Waals surface area contributed by atoms with E-state index in [-0.39, 0.29) is 11.9 Å². The molecule has 1 saturated heterocycles. The molecule has 30 heavy (non-hydrogen) atoms. The Labute approximate surface area is 183 Å². The molecule has 1 saturated carbocycles. The molecular weight excluding hydrogens is 428 g/mol. The third-order valence-corrected chi connectivity index (χ3v) is 6.49. The van der Waals surface area contributed by atoms with Gasteiger partial charge < -0.3 is 9.64 Å². The van der Waals surface area contributed by atoms with Gasteiger partial charge in [-0.15, -0.1) is 5.10 Å². The molecule has 1 aromatic carbocycles. The van der Waals surface area contributed by atoms with Crippen LogP contribution in [0.2, 0.25) is 5.02 Å². The molecule has 4 rings (SSSR count). The van der Waals surface area contributed by atoms with E-state index in [4.69, 9.17) is 16.3 Å². The summed E-state index contributed by atoms with van der Waals surface area (Å²) in [6, 6.07) is 7.06. The number of ether oxygens (including phenoxy) is 1. The van der Waals surface area contributed by atoms with Crippen molar-refractivity contribution in [2.45, 2.75) is 30.1 Å². The fourth-order valence-corrected chi connectivity index (χ4v) is 4.50. The number of hydrogen-bond acceptors (Lipinski definition) is 8. The largest absolute Gasteiger partial charge is 0.468 e. The van der Waals surface area contributed by atoms with Crippen molar-refractivity contribution in [3.05, 3.63) is 34.9 Å². The Balaban J connectivity index is 1.33. The molecule has 2 aromatic rings. The number of amides is 1. The highest BCUT2D eigenvalue weighted by Gasteiger charge is 2.33. The number of nitrogens with zero attached hydrogens (tertiary/aromatic N) is 6. The van der Waals surface area contributed by atoms with Crippen LogP contribution in [0.5, 0.6) is 0 Å². The van der Waals surface area contributed by atoms with Crippen molar-refractivity contribution in [2.75, 3.05) is 39.0 Å². The number of carbonyl (C=O) groups excluding carboxylic acids is 2. The molecule has 1 amide bonds. The molecule has 0 radical (unpaired) electrons. The average molecular weight is 451 g/mol. The molecule has 1 unspecified atom stereocenters. The van der Waals surface area contributed by atoms with E-state index in [9.17, 15) is 9.59 Å². The first-order valence-corrected chi connectivity index (χ1v) is 11.2. The topological polar surface area (TPSA) is 93.4 Å². The third kappa shape index (κ3) is 4.76. The predicted octanol–water partition coefficient (Wildman–Crippen LogP) is 1.81. The highest BCUT2D eigenvalue weighted by molar-refractivity contribution is 7.99. The number of hydrogen-bond donors (Lipinski definition) is 0. The normalized spacial score (nSPS) is 18.3. The van der Waals surface area contributed by atoms with Crippen LogP contribution < -0.4 is 0 Å². The summed E-state index contributed by atoms with van der Waals surface area (Å²) < 4.78 is 6.83. The predicted molar refractivity (Wildman–Crippen MR) is 111 cm³/mol. The van der Waals surface area contributed by atoms with Gasteiger partial charge in [0.05, 0.1) is 18.9 Å². The van der Waals surface area contributed by atoms with Crippen LogP contribution in [0.25, 0.3) is 0 Å². The Hall–Kier alpha value is -2.17. The zero-order valence-electron chi connectivity index (χ0n) is 16.6. The lowest BCUT2D eigenvalue weighted by Gasteiger charge is -2.38. The maximum Gasteiger partial charge on any atom is 0.327 e. The van der Waals surface area contributed by atoms with Crippen molar-refractivity contribution in [1.82, 2.24) is 30.0 Å². The Morgan fingerprint density at radius 2 is 1.90 bits per heavy atom. The first kappa shape index (κ1) is 21.1. The number of tetrazole rings is 1. The number of esters is 1. The van der Waals surface area contributed by atoms with E-state index >= 15 is 0 Å². The number of aromatic nitrogens is 4. The second kappa shape index (κ2) is 9.32. The molecule has 2 fully saturated rings. The molecule has 160 valence electrons. The zero-order valence-corrected chi connectivity index (χ0v) is 18.2. The summed E-state index contributed by atoms with van der Waals surface area (Å²) in [6.45, 7) is 2.26. The van der Waals surface area contributed by atoms with Crippen molar-refractivity contribution < 1.29 is 14.3 Å². The molecule has 1 aromatic heterocycles. The van der Waals surface area contributed by atoms with Crippen LogP contribution in [-0.4, -0.2) is 80.9 Å². The lowest BCUT2D eigenvalue weighted by Crippen LogP contribution is -2.51. The number of carbonyl (C=O) groups is 2. The average Bonchev–Trinajstić information content (AvgIpc) is 3.51. The SMILES string of the molecule is COC(=O)C(c1ccc(Cl)cc1)N1CCN(C(=O)CSc2nnnn2C2CC2)CC1.